The van der Waals surface area contributed by atoms with Crippen molar-refractivity contribution in [3.05, 3.63) is 39.4 Å². The molecule has 0 radical (unpaired) electrons. The first-order valence-electron chi connectivity index (χ1n) is 7.55. The van der Waals surface area contributed by atoms with Gasteiger partial charge in [-0.2, -0.15) is 0 Å². The minimum atomic E-state index is -0.666. The molecule has 1 aromatic rings. The van der Waals surface area contributed by atoms with Gasteiger partial charge < -0.3 is 9.94 Å². The number of nitrogens with zero attached hydrogens (tertiary/aromatic N) is 2. The minimum Gasteiger partial charge on any atom is -0.502 e. The summed E-state index contributed by atoms with van der Waals surface area (Å²) >= 11 is 0. The van der Waals surface area contributed by atoms with Crippen LogP contribution in [0.5, 0.6) is 5.75 Å². The van der Waals surface area contributed by atoms with Gasteiger partial charge in [-0.1, -0.05) is 36.6 Å². The molecule has 1 aliphatic carbocycles. The van der Waals surface area contributed by atoms with Crippen LogP contribution in [-0.2, 0) is 9.63 Å². The Hall–Kier alpha value is -2.70. The summed E-state index contributed by atoms with van der Waals surface area (Å²) in [5.74, 6) is -0.897. The molecule has 1 saturated carbocycles. The lowest BCUT2D eigenvalue weighted by Gasteiger charge is -2.20. The molecule has 0 spiro atoms. The van der Waals surface area contributed by atoms with E-state index >= 15 is 0 Å². The van der Waals surface area contributed by atoms with Crippen LogP contribution in [0.1, 0.15) is 37.7 Å². The molecular formula is C16H16N2O5. The number of nitro benzene ring substituents is 1. The Morgan fingerprint density at radius 3 is 2.74 bits per heavy atom. The molecule has 0 unspecified atom stereocenters. The molecule has 1 aromatic carbocycles. The molecule has 0 aromatic heterocycles. The van der Waals surface area contributed by atoms with Gasteiger partial charge in [0, 0.05) is 17.5 Å². The molecule has 7 nitrogen and oxygen atoms in total. The second-order valence-electron chi connectivity index (χ2n) is 5.72. The average Bonchev–Trinajstić information content (AvgIpc) is 2.91. The summed E-state index contributed by atoms with van der Waals surface area (Å²) in [4.78, 5) is 27.0. The third-order valence-corrected chi connectivity index (χ3v) is 4.26. The van der Waals surface area contributed by atoms with Gasteiger partial charge in [0.2, 0.25) is 5.75 Å². The molecule has 0 bridgehead atoms. The highest BCUT2D eigenvalue weighted by Gasteiger charge is 2.32. The molecule has 1 aliphatic heterocycles. The minimum absolute atomic E-state index is 0.155. The van der Waals surface area contributed by atoms with Crippen molar-refractivity contribution < 1.29 is 19.7 Å². The van der Waals surface area contributed by atoms with Crippen LogP contribution < -0.4 is 0 Å². The van der Waals surface area contributed by atoms with Gasteiger partial charge in [-0.05, 0) is 18.9 Å². The number of rotatable bonds is 3. The van der Waals surface area contributed by atoms with Crippen molar-refractivity contribution in [3.63, 3.8) is 0 Å². The standard InChI is InChI=1S/C16H16N2O5/c19-15-11(7-4-8-13(15)18(21)22)9-12-14(17-23-16(12)20)10-5-2-1-3-6-10/h4,7-10,19H,1-3,5-6H2. The lowest BCUT2D eigenvalue weighted by atomic mass is 9.83. The van der Waals surface area contributed by atoms with Gasteiger partial charge in [0.05, 0.1) is 16.2 Å². The Kier molecular flexibility index (Phi) is 4.10. The highest BCUT2D eigenvalue weighted by Crippen LogP contribution is 2.34. The smallest absolute Gasteiger partial charge is 0.367 e. The molecule has 1 fully saturated rings. The van der Waals surface area contributed by atoms with Crippen LogP contribution in [0.4, 0.5) is 5.69 Å². The predicted molar refractivity (Wildman–Crippen MR) is 82.8 cm³/mol. The normalized spacial score (nSPS) is 20.4. The van der Waals surface area contributed by atoms with Gasteiger partial charge in [0.25, 0.3) is 0 Å². The van der Waals surface area contributed by atoms with Crippen molar-refractivity contribution in [2.75, 3.05) is 0 Å². The van der Waals surface area contributed by atoms with Gasteiger partial charge in [0.1, 0.15) is 0 Å². The first kappa shape index (κ1) is 15.2. The zero-order valence-electron chi connectivity index (χ0n) is 12.4. The Bertz CT molecular complexity index is 717. The van der Waals surface area contributed by atoms with E-state index in [1.54, 1.807) is 0 Å². The second-order valence-corrected chi connectivity index (χ2v) is 5.72. The number of oxime groups is 1. The summed E-state index contributed by atoms with van der Waals surface area (Å²) in [7, 11) is 0. The third-order valence-electron chi connectivity index (χ3n) is 4.26. The summed E-state index contributed by atoms with van der Waals surface area (Å²) < 4.78 is 0. The van der Waals surface area contributed by atoms with Crippen LogP contribution in [0.3, 0.4) is 0 Å². The van der Waals surface area contributed by atoms with Crippen molar-refractivity contribution >= 4 is 23.4 Å². The fourth-order valence-corrected chi connectivity index (χ4v) is 3.06. The number of nitro groups is 1. The lowest BCUT2D eigenvalue weighted by Crippen LogP contribution is -2.19. The molecule has 1 heterocycles. The molecule has 3 rings (SSSR count). The monoisotopic (exact) mass is 316 g/mol. The summed E-state index contributed by atoms with van der Waals surface area (Å²) in [5.41, 5.74) is 0.659. The Labute approximate surface area is 132 Å². The van der Waals surface area contributed by atoms with E-state index in [1.165, 1.54) is 30.7 Å². The number of hydrogen-bond acceptors (Lipinski definition) is 6. The van der Waals surface area contributed by atoms with Crippen LogP contribution in [0.25, 0.3) is 6.08 Å². The fourth-order valence-electron chi connectivity index (χ4n) is 3.06. The molecule has 7 heteroatoms. The van der Waals surface area contributed by atoms with Crippen molar-refractivity contribution in [1.82, 2.24) is 0 Å². The largest absolute Gasteiger partial charge is 0.502 e. The molecule has 1 N–H and O–H groups in total. The summed E-state index contributed by atoms with van der Waals surface area (Å²) in [6.07, 6.45) is 6.62. The number of phenols is 1. The lowest BCUT2D eigenvalue weighted by molar-refractivity contribution is -0.385. The van der Waals surface area contributed by atoms with E-state index in [4.69, 9.17) is 4.84 Å². The second kappa shape index (κ2) is 6.20. The van der Waals surface area contributed by atoms with E-state index in [2.05, 4.69) is 5.16 Å². The van der Waals surface area contributed by atoms with Crippen LogP contribution in [0.15, 0.2) is 28.9 Å². The van der Waals surface area contributed by atoms with Crippen molar-refractivity contribution in [1.29, 1.82) is 0 Å². The fraction of sp³-hybridized carbons (Fsp3) is 0.375. The van der Waals surface area contributed by atoms with E-state index in [-0.39, 0.29) is 17.1 Å². The average molecular weight is 316 g/mol. The maximum atomic E-state index is 11.9. The SMILES string of the molecule is O=C1ON=C(C2CCCCC2)C1=Cc1cccc([N+](=O)[O-])c1O. The number of phenolic OH excluding ortho intramolecular Hbond substituents is 1. The topological polar surface area (TPSA) is 102 Å². The number of benzene rings is 1. The van der Waals surface area contributed by atoms with Crippen LogP contribution >= 0.6 is 0 Å². The van der Waals surface area contributed by atoms with Gasteiger partial charge >= 0.3 is 11.7 Å². The summed E-state index contributed by atoms with van der Waals surface area (Å²) in [5, 5.41) is 24.8. The highest BCUT2D eigenvalue weighted by atomic mass is 16.7. The Morgan fingerprint density at radius 1 is 1.30 bits per heavy atom. The first-order valence-corrected chi connectivity index (χ1v) is 7.55. The van der Waals surface area contributed by atoms with Crippen molar-refractivity contribution in [2.45, 2.75) is 32.1 Å². The number of aromatic hydroxyl groups is 1. The first-order chi connectivity index (χ1) is 11.1. The molecule has 23 heavy (non-hydrogen) atoms. The Balaban J connectivity index is 1.97. The van der Waals surface area contributed by atoms with Crippen molar-refractivity contribution in [2.24, 2.45) is 11.1 Å². The van der Waals surface area contributed by atoms with Gasteiger partial charge in [-0.3, -0.25) is 10.1 Å². The molecule has 120 valence electrons. The number of carbonyl (C=O) groups excluding carboxylic acids is 1. The van der Waals surface area contributed by atoms with Crippen molar-refractivity contribution in [3.8, 4) is 5.75 Å². The van der Waals surface area contributed by atoms with Crippen LogP contribution in [0, 0.1) is 16.0 Å². The van der Waals surface area contributed by atoms with E-state index in [0.29, 0.717) is 5.71 Å². The van der Waals surface area contributed by atoms with E-state index in [0.717, 1.165) is 25.7 Å². The molecule has 0 atom stereocenters. The van der Waals surface area contributed by atoms with E-state index in [9.17, 15) is 20.0 Å². The quantitative estimate of drug-likeness (QED) is 0.399. The maximum Gasteiger partial charge on any atom is 0.367 e. The van der Waals surface area contributed by atoms with Gasteiger partial charge in [0.15, 0.2) is 0 Å². The maximum absolute atomic E-state index is 11.9. The van der Waals surface area contributed by atoms with E-state index < -0.39 is 22.3 Å². The van der Waals surface area contributed by atoms with Gasteiger partial charge in [-0.15, -0.1) is 0 Å². The van der Waals surface area contributed by atoms with Gasteiger partial charge in [-0.25, -0.2) is 4.79 Å². The molecule has 2 aliphatic rings. The molecular weight excluding hydrogens is 300 g/mol. The predicted octanol–water partition coefficient (Wildman–Crippen LogP) is 3.18. The summed E-state index contributed by atoms with van der Waals surface area (Å²) in [6.45, 7) is 0. The zero-order valence-corrected chi connectivity index (χ0v) is 12.4. The number of hydrogen-bond donors (Lipinski definition) is 1. The number of para-hydroxylation sites is 1. The van der Waals surface area contributed by atoms with Crippen LogP contribution in [0.2, 0.25) is 0 Å². The number of carbonyl (C=O) groups is 1. The summed E-state index contributed by atoms with van der Waals surface area (Å²) in [6, 6.07) is 4.18. The third kappa shape index (κ3) is 2.94. The Morgan fingerprint density at radius 2 is 2.04 bits per heavy atom. The highest BCUT2D eigenvalue weighted by molar-refractivity contribution is 6.26. The molecule has 0 amide bonds. The van der Waals surface area contributed by atoms with E-state index in [1.807, 2.05) is 0 Å². The zero-order chi connectivity index (χ0) is 16.4. The molecule has 0 saturated heterocycles. The van der Waals surface area contributed by atoms with Crippen LogP contribution in [-0.4, -0.2) is 21.7 Å².